The van der Waals surface area contributed by atoms with E-state index >= 15 is 0 Å². The van der Waals surface area contributed by atoms with Crippen LogP contribution in [0, 0.1) is 5.82 Å². The first-order valence-corrected chi connectivity index (χ1v) is 8.39. The van der Waals surface area contributed by atoms with Crippen LogP contribution in [0.25, 0.3) is 0 Å². The third-order valence-electron chi connectivity index (χ3n) is 3.81. The normalized spacial score (nSPS) is 10.3. The summed E-state index contributed by atoms with van der Waals surface area (Å²) in [5, 5.41) is 3.16. The number of benzene rings is 2. The number of hydrogen-bond donors (Lipinski definition) is 1. The van der Waals surface area contributed by atoms with Gasteiger partial charge in [-0.15, -0.1) is 0 Å². The Kier molecular flexibility index (Phi) is 6.04. The van der Waals surface area contributed by atoms with Gasteiger partial charge in [0.25, 0.3) is 0 Å². The molecule has 2 aromatic carbocycles. The van der Waals surface area contributed by atoms with E-state index in [0.29, 0.717) is 35.6 Å². The van der Waals surface area contributed by atoms with Crippen LogP contribution in [0.15, 0.2) is 54.7 Å². The van der Waals surface area contributed by atoms with Crippen molar-refractivity contribution in [2.45, 2.75) is 6.42 Å². The van der Waals surface area contributed by atoms with Crippen LogP contribution in [-0.2, 0) is 6.42 Å². The van der Waals surface area contributed by atoms with E-state index in [1.54, 1.807) is 38.6 Å². The second-order valence-electron chi connectivity index (χ2n) is 5.64. The van der Waals surface area contributed by atoms with Crippen LogP contribution in [0.2, 0.25) is 0 Å². The smallest absolute Gasteiger partial charge is 0.225 e. The van der Waals surface area contributed by atoms with Crippen LogP contribution in [0.4, 0.5) is 10.3 Å². The van der Waals surface area contributed by atoms with E-state index in [-0.39, 0.29) is 5.82 Å². The Morgan fingerprint density at radius 1 is 0.963 bits per heavy atom. The van der Waals surface area contributed by atoms with E-state index in [2.05, 4.69) is 15.3 Å². The topological polar surface area (TPSA) is 65.5 Å². The van der Waals surface area contributed by atoms with Crippen molar-refractivity contribution in [3.63, 3.8) is 0 Å². The highest BCUT2D eigenvalue weighted by Crippen LogP contribution is 2.27. The molecular weight excluding hydrogens is 349 g/mol. The highest BCUT2D eigenvalue weighted by molar-refractivity contribution is 5.43. The van der Waals surface area contributed by atoms with Gasteiger partial charge in [-0.1, -0.05) is 6.07 Å². The standard InChI is InChI=1S/C20H20FN3O3/c1-25-17-8-3-14(13-18(17)26-2)9-11-22-20-23-12-10-19(24-20)27-16-6-4-15(21)5-7-16/h3-8,10,12-13H,9,11H2,1-2H3,(H,22,23,24). The molecule has 0 aliphatic heterocycles. The van der Waals surface area contributed by atoms with Gasteiger partial charge in [0, 0.05) is 18.8 Å². The lowest BCUT2D eigenvalue weighted by Gasteiger charge is -2.10. The predicted octanol–water partition coefficient (Wildman–Crippen LogP) is 4.08. The first kappa shape index (κ1) is 18.4. The lowest BCUT2D eigenvalue weighted by Crippen LogP contribution is -2.08. The number of methoxy groups -OCH3 is 2. The average Bonchev–Trinajstić information content (AvgIpc) is 2.70. The molecule has 3 rings (SSSR count). The van der Waals surface area contributed by atoms with E-state index in [9.17, 15) is 4.39 Å². The molecule has 0 saturated heterocycles. The summed E-state index contributed by atoms with van der Waals surface area (Å²) in [6, 6.07) is 13.2. The molecule has 140 valence electrons. The molecule has 3 aromatic rings. The summed E-state index contributed by atoms with van der Waals surface area (Å²) in [5.41, 5.74) is 1.10. The maximum atomic E-state index is 13.0. The highest BCUT2D eigenvalue weighted by atomic mass is 19.1. The Balaban J connectivity index is 1.57. The molecule has 1 N–H and O–H groups in total. The minimum atomic E-state index is -0.317. The van der Waals surface area contributed by atoms with Crippen LogP contribution in [0.1, 0.15) is 5.56 Å². The molecule has 0 amide bonds. The lowest BCUT2D eigenvalue weighted by atomic mass is 10.1. The second kappa shape index (κ2) is 8.84. The quantitative estimate of drug-likeness (QED) is 0.645. The zero-order chi connectivity index (χ0) is 19.1. The molecule has 0 fully saturated rings. The van der Waals surface area contributed by atoms with E-state index in [1.165, 1.54) is 12.1 Å². The van der Waals surface area contributed by atoms with Gasteiger partial charge in [0.1, 0.15) is 11.6 Å². The maximum Gasteiger partial charge on any atom is 0.225 e. The van der Waals surface area contributed by atoms with E-state index in [1.807, 2.05) is 18.2 Å². The third kappa shape index (κ3) is 5.07. The van der Waals surface area contributed by atoms with Gasteiger partial charge in [0.2, 0.25) is 11.8 Å². The summed E-state index contributed by atoms with van der Waals surface area (Å²) in [7, 11) is 3.22. The Labute approximate surface area is 157 Å². The molecule has 0 saturated carbocycles. The number of aromatic nitrogens is 2. The van der Waals surface area contributed by atoms with Crippen LogP contribution < -0.4 is 19.5 Å². The monoisotopic (exact) mass is 369 g/mol. The van der Waals surface area contributed by atoms with Crippen LogP contribution in [0.5, 0.6) is 23.1 Å². The first-order valence-electron chi connectivity index (χ1n) is 8.39. The van der Waals surface area contributed by atoms with Crippen molar-refractivity contribution < 1.29 is 18.6 Å². The average molecular weight is 369 g/mol. The van der Waals surface area contributed by atoms with E-state index < -0.39 is 0 Å². The van der Waals surface area contributed by atoms with Crippen molar-refractivity contribution in [3.05, 3.63) is 66.1 Å². The van der Waals surface area contributed by atoms with Crippen molar-refractivity contribution in [1.29, 1.82) is 0 Å². The van der Waals surface area contributed by atoms with E-state index in [0.717, 1.165) is 12.0 Å². The van der Waals surface area contributed by atoms with Gasteiger partial charge in [-0.25, -0.2) is 9.37 Å². The summed E-state index contributed by atoms with van der Waals surface area (Å²) in [6.45, 7) is 0.634. The molecule has 0 aliphatic carbocycles. The summed E-state index contributed by atoms with van der Waals surface area (Å²) < 4.78 is 29.1. The third-order valence-corrected chi connectivity index (χ3v) is 3.81. The summed E-state index contributed by atoms with van der Waals surface area (Å²) in [4.78, 5) is 8.48. The number of halogens is 1. The molecule has 0 radical (unpaired) electrons. The number of anilines is 1. The van der Waals surface area contributed by atoms with Crippen LogP contribution in [0.3, 0.4) is 0 Å². The molecule has 1 heterocycles. The Morgan fingerprint density at radius 3 is 2.48 bits per heavy atom. The number of ether oxygens (including phenoxy) is 3. The first-order chi connectivity index (χ1) is 13.2. The second-order valence-corrected chi connectivity index (χ2v) is 5.64. The van der Waals surface area contributed by atoms with Crippen molar-refractivity contribution in [2.24, 2.45) is 0 Å². The fraction of sp³-hybridized carbons (Fsp3) is 0.200. The van der Waals surface area contributed by atoms with Crippen LogP contribution >= 0.6 is 0 Å². The number of nitrogens with one attached hydrogen (secondary N) is 1. The van der Waals surface area contributed by atoms with Crippen molar-refractivity contribution in [2.75, 3.05) is 26.1 Å². The zero-order valence-electron chi connectivity index (χ0n) is 15.1. The maximum absolute atomic E-state index is 13.0. The van der Waals surface area contributed by atoms with Crippen molar-refractivity contribution >= 4 is 5.95 Å². The number of nitrogens with zero attached hydrogens (tertiary/aromatic N) is 2. The molecule has 0 bridgehead atoms. The molecule has 0 aliphatic rings. The minimum Gasteiger partial charge on any atom is -0.493 e. The summed E-state index contributed by atoms with van der Waals surface area (Å²) in [5.74, 6) is 2.42. The van der Waals surface area contributed by atoms with Gasteiger partial charge in [-0.3, -0.25) is 0 Å². The number of hydrogen-bond acceptors (Lipinski definition) is 6. The zero-order valence-corrected chi connectivity index (χ0v) is 15.1. The Morgan fingerprint density at radius 2 is 1.74 bits per heavy atom. The van der Waals surface area contributed by atoms with Crippen molar-refractivity contribution in [1.82, 2.24) is 9.97 Å². The largest absolute Gasteiger partial charge is 0.493 e. The van der Waals surface area contributed by atoms with Gasteiger partial charge >= 0.3 is 0 Å². The fourth-order valence-corrected chi connectivity index (χ4v) is 2.46. The Bertz CT molecular complexity index is 888. The lowest BCUT2D eigenvalue weighted by molar-refractivity contribution is 0.354. The van der Waals surface area contributed by atoms with Gasteiger partial charge in [0.05, 0.1) is 14.2 Å². The van der Waals surface area contributed by atoms with Gasteiger partial charge in [0.15, 0.2) is 11.5 Å². The summed E-state index contributed by atoms with van der Waals surface area (Å²) in [6.07, 6.45) is 2.36. The molecule has 7 heteroatoms. The minimum absolute atomic E-state index is 0.317. The SMILES string of the molecule is COc1ccc(CCNc2nccc(Oc3ccc(F)cc3)n2)cc1OC. The molecular formula is C20H20FN3O3. The molecule has 1 aromatic heterocycles. The molecule has 27 heavy (non-hydrogen) atoms. The fourth-order valence-electron chi connectivity index (χ4n) is 2.46. The molecule has 0 unspecified atom stereocenters. The predicted molar refractivity (Wildman–Crippen MR) is 100 cm³/mol. The summed E-state index contributed by atoms with van der Waals surface area (Å²) >= 11 is 0. The van der Waals surface area contributed by atoms with Gasteiger partial charge in [-0.2, -0.15) is 4.98 Å². The van der Waals surface area contributed by atoms with Crippen molar-refractivity contribution in [3.8, 4) is 23.1 Å². The highest BCUT2D eigenvalue weighted by Gasteiger charge is 2.06. The molecule has 0 spiro atoms. The van der Waals surface area contributed by atoms with Gasteiger partial charge in [-0.05, 0) is 48.4 Å². The van der Waals surface area contributed by atoms with Crippen LogP contribution in [-0.4, -0.2) is 30.7 Å². The molecule has 0 atom stereocenters. The number of rotatable bonds is 8. The van der Waals surface area contributed by atoms with Gasteiger partial charge < -0.3 is 19.5 Å². The Hall–Kier alpha value is -3.35. The molecule has 6 nitrogen and oxygen atoms in total. The van der Waals surface area contributed by atoms with E-state index in [4.69, 9.17) is 14.2 Å².